The summed E-state index contributed by atoms with van der Waals surface area (Å²) in [4.78, 5) is 26.1. The molecular weight excluding hydrogens is 320 g/mol. The molecule has 3 rings (SSSR count). The van der Waals surface area contributed by atoms with Crippen molar-refractivity contribution in [3.63, 3.8) is 0 Å². The molecule has 1 aromatic rings. The molecule has 0 N–H and O–H groups in total. The van der Waals surface area contributed by atoms with Gasteiger partial charge in [0.1, 0.15) is 12.9 Å². The van der Waals surface area contributed by atoms with Gasteiger partial charge >= 0.3 is 5.97 Å². The van der Waals surface area contributed by atoms with Gasteiger partial charge in [-0.3, -0.25) is 9.59 Å². The maximum atomic E-state index is 13.3. The average molecular weight is 346 g/mol. The summed E-state index contributed by atoms with van der Waals surface area (Å²) in [5.74, 6) is -0.598. The van der Waals surface area contributed by atoms with Gasteiger partial charge in [0.15, 0.2) is 11.2 Å². The number of carbonyl (C=O) groups excluding carboxylic acids is 2. The summed E-state index contributed by atoms with van der Waals surface area (Å²) in [6.07, 6.45) is 0.535. The van der Waals surface area contributed by atoms with Crippen molar-refractivity contribution in [1.82, 2.24) is 0 Å². The molecule has 0 amide bonds. The Morgan fingerprint density at radius 1 is 1.20 bits per heavy atom. The lowest BCUT2D eigenvalue weighted by atomic mass is 9.76. The van der Waals surface area contributed by atoms with Crippen LogP contribution in [0.25, 0.3) is 0 Å². The molecular formula is C20H26O5. The van der Waals surface area contributed by atoms with E-state index in [1.54, 1.807) is 6.92 Å². The summed E-state index contributed by atoms with van der Waals surface area (Å²) in [7, 11) is 0. The highest BCUT2D eigenvalue weighted by atomic mass is 16.7. The third-order valence-electron chi connectivity index (χ3n) is 5.49. The molecule has 0 spiro atoms. The number of esters is 1. The molecule has 0 aromatic heterocycles. The predicted octanol–water partition coefficient (Wildman–Crippen LogP) is 2.81. The highest BCUT2D eigenvalue weighted by Crippen LogP contribution is 2.47. The van der Waals surface area contributed by atoms with Crippen molar-refractivity contribution in [3.8, 4) is 0 Å². The molecule has 1 heterocycles. The average Bonchev–Trinajstić information content (AvgIpc) is 3.13. The summed E-state index contributed by atoms with van der Waals surface area (Å²) >= 11 is 0. The molecule has 2 fully saturated rings. The third-order valence-corrected chi connectivity index (χ3v) is 5.49. The zero-order chi connectivity index (χ0) is 18.2. The molecule has 5 heteroatoms. The van der Waals surface area contributed by atoms with E-state index in [0.717, 1.165) is 16.7 Å². The van der Waals surface area contributed by atoms with Gasteiger partial charge in [-0.25, -0.2) is 0 Å². The van der Waals surface area contributed by atoms with Crippen LogP contribution in [-0.2, 0) is 30.2 Å². The van der Waals surface area contributed by atoms with E-state index in [9.17, 15) is 9.59 Å². The molecule has 1 aliphatic carbocycles. The van der Waals surface area contributed by atoms with E-state index in [0.29, 0.717) is 12.8 Å². The predicted molar refractivity (Wildman–Crippen MR) is 92.3 cm³/mol. The van der Waals surface area contributed by atoms with Crippen LogP contribution in [0.5, 0.6) is 0 Å². The van der Waals surface area contributed by atoms with E-state index >= 15 is 0 Å². The van der Waals surface area contributed by atoms with Crippen LogP contribution in [0.3, 0.4) is 0 Å². The lowest BCUT2D eigenvalue weighted by Gasteiger charge is -2.30. The first kappa shape index (κ1) is 18.1. The molecule has 1 aromatic carbocycles. The van der Waals surface area contributed by atoms with Gasteiger partial charge < -0.3 is 14.2 Å². The molecule has 3 atom stereocenters. The lowest BCUT2D eigenvalue weighted by Crippen LogP contribution is -2.49. The molecule has 0 radical (unpaired) electrons. The van der Waals surface area contributed by atoms with Crippen LogP contribution < -0.4 is 0 Å². The first-order valence-electron chi connectivity index (χ1n) is 8.90. The zero-order valence-corrected chi connectivity index (χ0v) is 15.4. The molecule has 3 unspecified atom stereocenters. The number of Topliss-reactive ketones (excluding diaryl/α,β-unsaturated/α-hetero) is 1. The van der Waals surface area contributed by atoms with E-state index in [-0.39, 0.29) is 31.7 Å². The van der Waals surface area contributed by atoms with Crippen LogP contribution >= 0.6 is 0 Å². The highest BCUT2D eigenvalue weighted by molar-refractivity contribution is 6.06. The first-order chi connectivity index (χ1) is 11.9. The maximum absolute atomic E-state index is 13.3. The fraction of sp³-hybridized carbons (Fsp3) is 0.600. The van der Waals surface area contributed by atoms with Crippen LogP contribution in [-0.4, -0.2) is 37.4 Å². The summed E-state index contributed by atoms with van der Waals surface area (Å²) < 4.78 is 16.5. The third kappa shape index (κ3) is 3.00. The Kier molecular flexibility index (Phi) is 4.98. The van der Waals surface area contributed by atoms with Gasteiger partial charge in [0.05, 0.1) is 12.7 Å². The quantitative estimate of drug-likeness (QED) is 0.606. The van der Waals surface area contributed by atoms with Gasteiger partial charge in [-0.15, -0.1) is 0 Å². The fourth-order valence-electron chi connectivity index (χ4n) is 4.30. The largest absolute Gasteiger partial charge is 0.465 e. The summed E-state index contributed by atoms with van der Waals surface area (Å²) in [6, 6.07) is 4.14. The van der Waals surface area contributed by atoms with Crippen LogP contribution in [0.1, 0.15) is 42.0 Å². The first-order valence-corrected chi connectivity index (χ1v) is 8.90. The van der Waals surface area contributed by atoms with Gasteiger partial charge in [-0.2, -0.15) is 0 Å². The Bertz CT molecular complexity index is 672. The maximum Gasteiger partial charge on any atom is 0.322 e. The zero-order valence-electron chi connectivity index (χ0n) is 15.4. The van der Waals surface area contributed by atoms with Gasteiger partial charge in [-0.05, 0) is 57.2 Å². The SMILES string of the molecule is CCOC(=O)C1(C(=O)Cc2c(C)cc(C)cc2C)CCC2OCOC21. The number of hydrogen-bond donors (Lipinski definition) is 0. The minimum absolute atomic E-state index is 0.126. The fourth-order valence-corrected chi connectivity index (χ4v) is 4.30. The Balaban J connectivity index is 1.95. The van der Waals surface area contributed by atoms with Crippen molar-refractivity contribution < 1.29 is 23.8 Å². The second-order valence-electron chi connectivity index (χ2n) is 7.12. The number of fused-ring (bicyclic) bond motifs is 1. The summed E-state index contributed by atoms with van der Waals surface area (Å²) in [6.45, 7) is 8.18. The van der Waals surface area contributed by atoms with Gasteiger partial charge in [0, 0.05) is 6.42 Å². The van der Waals surface area contributed by atoms with Gasteiger partial charge in [0.25, 0.3) is 0 Å². The van der Waals surface area contributed by atoms with Crippen molar-refractivity contribution in [3.05, 3.63) is 34.4 Å². The number of carbonyl (C=O) groups is 2. The molecule has 1 saturated heterocycles. The van der Waals surface area contributed by atoms with Crippen LogP contribution in [0.15, 0.2) is 12.1 Å². The van der Waals surface area contributed by atoms with E-state index in [2.05, 4.69) is 12.1 Å². The second-order valence-corrected chi connectivity index (χ2v) is 7.12. The smallest absolute Gasteiger partial charge is 0.322 e. The van der Waals surface area contributed by atoms with E-state index in [1.807, 2.05) is 20.8 Å². The van der Waals surface area contributed by atoms with E-state index in [1.165, 1.54) is 5.56 Å². The van der Waals surface area contributed by atoms with Crippen LogP contribution in [0, 0.1) is 26.2 Å². The van der Waals surface area contributed by atoms with Gasteiger partial charge in [0.2, 0.25) is 0 Å². The van der Waals surface area contributed by atoms with Crippen LogP contribution in [0.4, 0.5) is 0 Å². The van der Waals surface area contributed by atoms with Gasteiger partial charge in [-0.1, -0.05) is 17.7 Å². The highest BCUT2D eigenvalue weighted by Gasteiger charge is 2.62. The molecule has 2 aliphatic rings. The second kappa shape index (κ2) is 6.89. The molecule has 0 bridgehead atoms. The van der Waals surface area contributed by atoms with Crippen molar-refractivity contribution in [2.75, 3.05) is 13.4 Å². The van der Waals surface area contributed by atoms with Crippen LogP contribution in [0.2, 0.25) is 0 Å². The van der Waals surface area contributed by atoms with Crippen molar-refractivity contribution in [2.45, 2.75) is 59.2 Å². The van der Waals surface area contributed by atoms with Crippen molar-refractivity contribution in [2.24, 2.45) is 5.41 Å². The lowest BCUT2D eigenvalue weighted by molar-refractivity contribution is -0.167. The minimum atomic E-state index is -1.25. The Hall–Kier alpha value is -1.72. The Labute approximate surface area is 148 Å². The summed E-state index contributed by atoms with van der Waals surface area (Å²) in [5, 5.41) is 0. The van der Waals surface area contributed by atoms with E-state index in [4.69, 9.17) is 14.2 Å². The number of benzene rings is 1. The molecule has 25 heavy (non-hydrogen) atoms. The summed E-state index contributed by atoms with van der Waals surface area (Å²) in [5.41, 5.74) is 3.05. The normalized spacial score (nSPS) is 28.0. The Morgan fingerprint density at radius 3 is 2.52 bits per heavy atom. The van der Waals surface area contributed by atoms with E-state index < -0.39 is 17.5 Å². The molecule has 1 aliphatic heterocycles. The number of ether oxygens (including phenoxy) is 3. The number of aryl methyl sites for hydroxylation is 3. The number of ketones is 1. The molecule has 1 saturated carbocycles. The topological polar surface area (TPSA) is 61.8 Å². The molecule has 136 valence electrons. The number of rotatable bonds is 5. The number of hydrogen-bond acceptors (Lipinski definition) is 5. The monoisotopic (exact) mass is 346 g/mol. The minimum Gasteiger partial charge on any atom is -0.465 e. The standard InChI is InChI=1S/C20H26O5/c1-5-23-19(22)20(7-6-16-18(20)25-11-24-16)17(21)10-15-13(3)8-12(2)9-14(15)4/h8-9,16,18H,5-7,10-11H2,1-4H3. The van der Waals surface area contributed by atoms with Crippen molar-refractivity contribution in [1.29, 1.82) is 0 Å². The van der Waals surface area contributed by atoms with Crippen molar-refractivity contribution >= 4 is 11.8 Å². The molecule has 5 nitrogen and oxygen atoms in total. The Morgan fingerprint density at radius 2 is 1.88 bits per heavy atom.